The summed E-state index contributed by atoms with van der Waals surface area (Å²) in [5.41, 5.74) is 1.21. The van der Waals surface area contributed by atoms with E-state index in [1.54, 1.807) is 4.68 Å². The highest BCUT2D eigenvalue weighted by molar-refractivity contribution is 5.78. The van der Waals surface area contributed by atoms with Crippen molar-refractivity contribution < 1.29 is 9.90 Å². The molecule has 0 spiro atoms. The van der Waals surface area contributed by atoms with Crippen LogP contribution in [0, 0.1) is 6.92 Å². The lowest BCUT2D eigenvalue weighted by Crippen LogP contribution is -2.22. The molecule has 0 aromatic carbocycles. The zero-order chi connectivity index (χ0) is 13.3. The molecule has 0 aliphatic carbocycles. The number of hydrogen-bond donors (Lipinski definition) is 1. The van der Waals surface area contributed by atoms with Gasteiger partial charge in [0.25, 0.3) is 5.56 Å². The Labute approximate surface area is 103 Å². The monoisotopic (exact) mass is 249 g/mol. The van der Waals surface area contributed by atoms with Gasteiger partial charge in [-0.05, 0) is 19.4 Å². The van der Waals surface area contributed by atoms with E-state index in [1.165, 1.54) is 10.6 Å². The Bertz CT molecular complexity index is 654. The summed E-state index contributed by atoms with van der Waals surface area (Å²) in [6.45, 7) is 4.67. The van der Waals surface area contributed by atoms with Crippen LogP contribution in [0.3, 0.4) is 0 Å². The van der Waals surface area contributed by atoms with E-state index in [1.807, 2.05) is 20.0 Å². The molecule has 96 valence electrons. The van der Waals surface area contributed by atoms with Gasteiger partial charge in [0.2, 0.25) is 0 Å². The summed E-state index contributed by atoms with van der Waals surface area (Å²) >= 11 is 0. The van der Waals surface area contributed by atoms with Crippen molar-refractivity contribution in [3.63, 3.8) is 0 Å². The topological polar surface area (TPSA) is 77.1 Å². The predicted molar refractivity (Wildman–Crippen MR) is 66.7 cm³/mol. The predicted octanol–water partition coefficient (Wildman–Crippen LogP) is 1.00. The largest absolute Gasteiger partial charge is 0.481 e. The van der Waals surface area contributed by atoms with Crippen LogP contribution in [-0.4, -0.2) is 25.4 Å². The van der Waals surface area contributed by atoms with Crippen molar-refractivity contribution in [1.82, 2.24) is 14.3 Å². The summed E-state index contributed by atoms with van der Waals surface area (Å²) in [5, 5.41) is 13.9. The smallest absolute Gasteiger partial charge is 0.305 e. The molecule has 0 aliphatic rings. The molecule has 2 aromatic rings. The van der Waals surface area contributed by atoms with Crippen molar-refractivity contribution in [1.29, 1.82) is 0 Å². The normalized spacial score (nSPS) is 11.0. The zero-order valence-corrected chi connectivity index (χ0v) is 10.4. The van der Waals surface area contributed by atoms with Crippen molar-refractivity contribution in [2.24, 2.45) is 0 Å². The number of nitrogens with zero attached hydrogens (tertiary/aromatic N) is 3. The summed E-state index contributed by atoms with van der Waals surface area (Å²) in [6.07, 6.45) is 1.79. The summed E-state index contributed by atoms with van der Waals surface area (Å²) in [5.74, 6) is -0.925. The van der Waals surface area contributed by atoms with Gasteiger partial charge in [-0.15, -0.1) is 0 Å². The molecule has 6 heteroatoms. The van der Waals surface area contributed by atoms with E-state index in [-0.39, 0.29) is 18.5 Å². The van der Waals surface area contributed by atoms with Crippen LogP contribution in [0.5, 0.6) is 0 Å². The molecule has 2 aromatic heterocycles. The molecule has 0 bridgehead atoms. The molecule has 0 radical (unpaired) electrons. The van der Waals surface area contributed by atoms with E-state index in [4.69, 9.17) is 5.11 Å². The second-order valence-corrected chi connectivity index (χ2v) is 4.18. The van der Waals surface area contributed by atoms with Gasteiger partial charge in [0.1, 0.15) is 0 Å². The van der Waals surface area contributed by atoms with Gasteiger partial charge in [-0.25, -0.2) is 0 Å². The molecule has 18 heavy (non-hydrogen) atoms. The van der Waals surface area contributed by atoms with E-state index >= 15 is 0 Å². The molecule has 6 nitrogen and oxygen atoms in total. The van der Waals surface area contributed by atoms with Crippen LogP contribution in [0.15, 0.2) is 17.1 Å². The first-order valence-electron chi connectivity index (χ1n) is 5.82. The number of hydrogen-bond acceptors (Lipinski definition) is 3. The number of carboxylic acid groups (broad SMARTS) is 1. The highest BCUT2D eigenvalue weighted by atomic mass is 16.4. The number of carbonyl (C=O) groups is 1. The Balaban J connectivity index is 2.59. The van der Waals surface area contributed by atoms with Crippen LogP contribution in [0.2, 0.25) is 0 Å². The molecular weight excluding hydrogens is 234 g/mol. The van der Waals surface area contributed by atoms with Crippen LogP contribution in [0.4, 0.5) is 0 Å². The van der Waals surface area contributed by atoms with Crippen LogP contribution < -0.4 is 5.56 Å². The Morgan fingerprint density at radius 1 is 1.50 bits per heavy atom. The van der Waals surface area contributed by atoms with Crippen molar-refractivity contribution in [2.75, 3.05) is 0 Å². The molecule has 0 unspecified atom stereocenters. The van der Waals surface area contributed by atoms with Crippen molar-refractivity contribution in [2.45, 2.75) is 33.4 Å². The zero-order valence-electron chi connectivity index (χ0n) is 10.4. The molecular formula is C12H15N3O3. The van der Waals surface area contributed by atoms with Gasteiger partial charge < -0.3 is 5.11 Å². The van der Waals surface area contributed by atoms with E-state index in [9.17, 15) is 9.59 Å². The molecule has 0 fully saturated rings. The van der Waals surface area contributed by atoms with E-state index in [0.29, 0.717) is 12.2 Å². The first-order chi connectivity index (χ1) is 8.52. The van der Waals surface area contributed by atoms with Crippen molar-refractivity contribution in [3.05, 3.63) is 28.2 Å². The van der Waals surface area contributed by atoms with Gasteiger partial charge in [-0.3, -0.25) is 18.8 Å². The fraction of sp³-hybridized carbons (Fsp3) is 0.417. The molecule has 1 N–H and O–H groups in total. The summed E-state index contributed by atoms with van der Waals surface area (Å²) in [6, 6.07) is 1.52. The third kappa shape index (κ3) is 2.13. The highest BCUT2D eigenvalue weighted by Gasteiger charge is 2.11. The van der Waals surface area contributed by atoms with Gasteiger partial charge >= 0.3 is 5.97 Å². The molecule has 0 saturated carbocycles. The van der Waals surface area contributed by atoms with Crippen molar-refractivity contribution >= 4 is 17.0 Å². The lowest BCUT2D eigenvalue weighted by Gasteiger charge is -2.05. The number of fused-ring (bicyclic) bond motifs is 1. The van der Waals surface area contributed by atoms with E-state index in [0.717, 1.165) is 10.9 Å². The minimum absolute atomic E-state index is 0.0863. The van der Waals surface area contributed by atoms with Gasteiger partial charge in [0.15, 0.2) is 5.65 Å². The second kappa shape index (κ2) is 4.64. The minimum atomic E-state index is -0.925. The lowest BCUT2D eigenvalue weighted by molar-refractivity contribution is -0.137. The lowest BCUT2D eigenvalue weighted by atomic mass is 10.2. The maximum absolute atomic E-state index is 11.9. The SMILES string of the molecule is CCn1cc2c(C)cc(=O)n(CCC(=O)O)c2n1. The highest BCUT2D eigenvalue weighted by Crippen LogP contribution is 2.15. The van der Waals surface area contributed by atoms with Crippen LogP contribution in [0.1, 0.15) is 18.9 Å². The number of carboxylic acids is 1. The molecule has 2 rings (SSSR count). The third-order valence-corrected chi connectivity index (χ3v) is 2.90. The Hall–Kier alpha value is -2.11. The minimum Gasteiger partial charge on any atom is -0.481 e. The molecule has 0 amide bonds. The first kappa shape index (κ1) is 12.3. The van der Waals surface area contributed by atoms with Gasteiger partial charge in [0.05, 0.1) is 6.42 Å². The van der Waals surface area contributed by atoms with Gasteiger partial charge in [-0.1, -0.05) is 0 Å². The standard InChI is InChI=1S/C12H15N3O3/c1-3-14-7-9-8(2)6-10(16)15(12(9)13-14)5-4-11(17)18/h6-7H,3-5H2,1-2H3,(H,17,18). The molecule has 0 atom stereocenters. The van der Waals surface area contributed by atoms with E-state index < -0.39 is 5.97 Å². The number of aliphatic carboxylic acids is 1. The number of aryl methyl sites for hydroxylation is 3. The Morgan fingerprint density at radius 3 is 2.83 bits per heavy atom. The van der Waals surface area contributed by atoms with Gasteiger partial charge in [0, 0.05) is 30.7 Å². The fourth-order valence-electron chi connectivity index (χ4n) is 1.92. The Morgan fingerprint density at radius 2 is 2.22 bits per heavy atom. The van der Waals surface area contributed by atoms with Crippen LogP contribution >= 0.6 is 0 Å². The maximum atomic E-state index is 11.9. The third-order valence-electron chi connectivity index (χ3n) is 2.90. The summed E-state index contributed by atoms with van der Waals surface area (Å²) < 4.78 is 3.16. The number of pyridine rings is 1. The average molecular weight is 249 g/mol. The first-order valence-corrected chi connectivity index (χ1v) is 5.82. The number of rotatable bonds is 4. The van der Waals surface area contributed by atoms with Crippen LogP contribution in [-0.2, 0) is 17.9 Å². The van der Waals surface area contributed by atoms with Crippen molar-refractivity contribution in [3.8, 4) is 0 Å². The Kier molecular flexibility index (Phi) is 3.18. The quantitative estimate of drug-likeness (QED) is 0.877. The molecule has 0 aliphatic heterocycles. The summed E-state index contributed by atoms with van der Waals surface area (Å²) in [4.78, 5) is 22.5. The average Bonchev–Trinajstić information content (AvgIpc) is 2.72. The fourth-order valence-corrected chi connectivity index (χ4v) is 1.92. The molecule has 2 heterocycles. The van der Waals surface area contributed by atoms with Gasteiger partial charge in [-0.2, -0.15) is 5.10 Å². The number of aromatic nitrogens is 3. The maximum Gasteiger partial charge on any atom is 0.305 e. The molecule has 0 saturated heterocycles. The summed E-state index contributed by atoms with van der Waals surface area (Å²) in [7, 11) is 0. The second-order valence-electron chi connectivity index (χ2n) is 4.18. The van der Waals surface area contributed by atoms with Crippen LogP contribution in [0.25, 0.3) is 11.0 Å². The van der Waals surface area contributed by atoms with E-state index in [2.05, 4.69) is 5.10 Å².